The zero-order valence-electron chi connectivity index (χ0n) is 11.0. The number of hydrogen-bond donors (Lipinski definition) is 1. The Bertz CT molecular complexity index is 436. The normalized spacial score (nSPS) is 13.8. The molecular formula is C13H18ClNO3. The van der Waals surface area contributed by atoms with Crippen LogP contribution < -0.4 is 10.1 Å². The SMILES string of the molecule is CNC(=O)C(C)(COC)c1ccc(Cl)c(OC)c1. The van der Waals surface area contributed by atoms with Crippen molar-refractivity contribution in [3.05, 3.63) is 28.8 Å². The highest BCUT2D eigenvalue weighted by Crippen LogP contribution is 2.32. The van der Waals surface area contributed by atoms with Gasteiger partial charge in [-0.3, -0.25) is 4.79 Å². The van der Waals surface area contributed by atoms with Crippen molar-refractivity contribution >= 4 is 17.5 Å². The molecule has 0 aliphatic carbocycles. The van der Waals surface area contributed by atoms with E-state index in [0.29, 0.717) is 10.8 Å². The number of nitrogens with one attached hydrogen (secondary N) is 1. The van der Waals surface area contributed by atoms with Crippen molar-refractivity contribution in [2.75, 3.05) is 27.9 Å². The fourth-order valence-corrected chi connectivity index (χ4v) is 2.04. The van der Waals surface area contributed by atoms with Gasteiger partial charge in [0.15, 0.2) is 0 Å². The minimum Gasteiger partial charge on any atom is -0.495 e. The summed E-state index contributed by atoms with van der Waals surface area (Å²) in [7, 11) is 4.70. The number of halogens is 1. The predicted octanol–water partition coefficient (Wildman–Crippen LogP) is 2.00. The van der Waals surface area contributed by atoms with E-state index >= 15 is 0 Å². The molecule has 1 aromatic rings. The Morgan fingerprint density at radius 3 is 2.61 bits per heavy atom. The van der Waals surface area contributed by atoms with Crippen LogP contribution in [0.2, 0.25) is 5.02 Å². The van der Waals surface area contributed by atoms with Crippen molar-refractivity contribution in [3.63, 3.8) is 0 Å². The lowest BCUT2D eigenvalue weighted by Gasteiger charge is -2.27. The van der Waals surface area contributed by atoms with E-state index in [1.165, 1.54) is 0 Å². The summed E-state index contributed by atoms with van der Waals surface area (Å²) in [4.78, 5) is 12.0. The maximum Gasteiger partial charge on any atom is 0.232 e. The van der Waals surface area contributed by atoms with Crippen LogP contribution in [0.4, 0.5) is 0 Å². The summed E-state index contributed by atoms with van der Waals surface area (Å²) in [5, 5.41) is 3.16. The first-order valence-electron chi connectivity index (χ1n) is 5.54. The Morgan fingerprint density at radius 1 is 1.44 bits per heavy atom. The average molecular weight is 272 g/mol. The maximum absolute atomic E-state index is 12.0. The van der Waals surface area contributed by atoms with Crippen LogP contribution in [-0.4, -0.2) is 33.8 Å². The lowest BCUT2D eigenvalue weighted by atomic mass is 9.82. The molecule has 18 heavy (non-hydrogen) atoms. The number of ether oxygens (including phenoxy) is 2. The van der Waals surface area contributed by atoms with E-state index in [1.807, 2.05) is 6.92 Å². The van der Waals surface area contributed by atoms with Crippen LogP contribution in [0, 0.1) is 0 Å². The van der Waals surface area contributed by atoms with Gasteiger partial charge in [-0.25, -0.2) is 0 Å². The van der Waals surface area contributed by atoms with Gasteiger partial charge >= 0.3 is 0 Å². The van der Waals surface area contributed by atoms with Crippen molar-refractivity contribution in [3.8, 4) is 5.75 Å². The van der Waals surface area contributed by atoms with Crippen LogP contribution in [0.5, 0.6) is 5.75 Å². The second-order valence-electron chi connectivity index (χ2n) is 4.19. The molecule has 0 spiro atoms. The highest BCUT2D eigenvalue weighted by molar-refractivity contribution is 6.32. The van der Waals surface area contributed by atoms with Gasteiger partial charge < -0.3 is 14.8 Å². The zero-order valence-corrected chi connectivity index (χ0v) is 11.8. The van der Waals surface area contributed by atoms with Crippen LogP contribution in [0.15, 0.2) is 18.2 Å². The molecule has 0 aliphatic heterocycles. The van der Waals surface area contributed by atoms with E-state index in [9.17, 15) is 4.79 Å². The number of amides is 1. The third-order valence-corrected chi connectivity index (χ3v) is 3.26. The topological polar surface area (TPSA) is 47.6 Å². The molecule has 1 aromatic carbocycles. The molecule has 4 nitrogen and oxygen atoms in total. The molecule has 0 aromatic heterocycles. The molecule has 100 valence electrons. The number of likely N-dealkylation sites (N-methyl/N-ethyl adjacent to an activating group) is 1. The molecule has 0 bridgehead atoms. The fourth-order valence-electron chi connectivity index (χ4n) is 1.85. The summed E-state index contributed by atoms with van der Waals surface area (Å²) < 4.78 is 10.3. The highest BCUT2D eigenvalue weighted by atomic mass is 35.5. The van der Waals surface area contributed by atoms with E-state index < -0.39 is 5.41 Å². The summed E-state index contributed by atoms with van der Waals surface area (Å²) >= 11 is 5.98. The molecule has 0 saturated heterocycles. The van der Waals surface area contributed by atoms with E-state index in [1.54, 1.807) is 39.5 Å². The number of methoxy groups -OCH3 is 2. The first-order chi connectivity index (χ1) is 8.49. The standard InChI is InChI=1S/C13H18ClNO3/c1-13(8-17-3,12(16)15-2)9-5-6-10(14)11(7-9)18-4/h5-7H,8H2,1-4H3,(H,15,16). The van der Waals surface area contributed by atoms with Gasteiger partial charge in [-0.05, 0) is 24.6 Å². The lowest BCUT2D eigenvalue weighted by Crippen LogP contribution is -2.44. The average Bonchev–Trinajstić information content (AvgIpc) is 2.38. The smallest absolute Gasteiger partial charge is 0.232 e. The first-order valence-corrected chi connectivity index (χ1v) is 5.92. The summed E-state index contributed by atoms with van der Waals surface area (Å²) in [6.45, 7) is 2.09. The minimum absolute atomic E-state index is 0.117. The van der Waals surface area contributed by atoms with Crippen molar-refractivity contribution in [2.24, 2.45) is 0 Å². The minimum atomic E-state index is -0.776. The molecule has 0 aliphatic rings. The van der Waals surface area contributed by atoms with Gasteiger partial charge in [0.25, 0.3) is 0 Å². The lowest BCUT2D eigenvalue weighted by molar-refractivity contribution is -0.127. The van der Waals surface area contributed by atoms with Gasteiger partial charge in [0.05, 0.1) is 24.2 Å². The third-order valence-electron chi connectivity index (χ3n) is 2.95. The van der Waals surface area contributed by atoms with Crippen LogP contribution in [-0.2, 0) is 14.9 Å². The van der Waals surface area contributed by atoms with E-state index in [4.69, 9.17) is 21.1 Å². The van der Waals surface area contributed by atoms with Gasteiger partial charge in [-0.15, -0.1) is 0 Å². The van der Waals surface area contributed by atoms with Crippen molar-refractivity contribution in [2.45, 2.75) is 12.3 Å². The number of carbonyl (C=O) groups excluding carboxylic acids is 1. The summed E-state index contributed by atoms with van der Waals surface area (Å²) in [6, 6.07) is 5.28. The number of benzene rings is 1. The number of hydrogen-bond acceptors (Lipinski definition) is 3. The number of rotatable bonds is 5. The first kappa shape index (κ1) is 14.8. The van der Waals surface area contributed by atoms with Crippen LogP contribution >= 0.6 is 11.6 Å². The third kappa shape index (κ3) is 2.76. The van der Waals surface area contributed by atoms with E-state index in [0.717, 1.165) is 5.56 Å². The van der Waals surface area contributed by atoms with Gasteiger partial charge in [-0.2, -0.15) is 0 Å². The molecule has 5 heteroatoms. The molecular weight excluding hydrogens is 254 g/mol. The predicted molar refractivity (Wildman–Crippen MR) is 71.3 cm³/mol. The molecule has 1 N–H and O–H groups in total. The molecule has 1 unspecified atom stereocenters. The zero-order chi connectivity index (χ0) is 13.8. The maximum atomic E-state index is 12.0. The van der Waals surface area contributed by atoms with Crippen LogP contribution in [0.1, 0.15) is 12.5 Å². The van der Waals surface area contributed by atoms with Crippen molar-refractivity contribution < 1.29 is 14.3 Å². The van der Waals surface area contributed by atoms with E-state index in [2.05, 4.69) is 5.32 Å². The Labute approximate surface area is 112 Å². The quantitative estimate of drug-likeness (QED) is 0.891. The molecule has 0 saturated carbocycles. The fraction of sp³-hybridized carbons (Fsp3) is 0.462. The number of carbonyl (C=O) groups is 1. The Balaban J connectivity index is 3.25. The second-order valence-corrected chi connectivity index (χ2v) is 4.60. The van der Waals surface area contributed by atoms with Crippen LogP contribution in [0.3, 0.4) is 0 Å². The molecule has 0 fully saturated rings. The largest absolute Gasteiger partial charge is 0.495 e. The Kier molecular flexibility index (Phi) is 4.99. The molecule has 0 radical (unpaired) electrons. The van der Waals surface area contributed by atoms with E-state index in [-0.39, 0.29) is 12.5 Å². The molecule has 0 heterocycles. The monoisotopic (exact) mass is 271 g/mol. The van der Waals surface area contributed by atoms with Crippen molar-refractivity contribution in [1.82, 2.24) is 5.32 Å². The highest BCUT2D eigenvalue weighted by Gasteiger charge is 2.35. The van der Waals surface area contributed by atoms with Gasteiger partial charge in [0.2, 0.25) is 5.91 Å². The molecule has 1 atom stereocenters. The van der Waals surface area contributed by atoms with Crippen LogP contribution in [0.25, 0.3) is 0 Å². The summed E-state index contributed by atoms with van der Waals surface area (Å²) in [5.41, 5.74) is 0.0198. The summed E-state index contributed by atoms with van der Waals surface area (Å²) in [5.74, 6) is 0.425. The molecule has 1 rings (SSSR count). The van der Waals surface area contributed by atoms with Crippen molar-refractivity contribution in [1.29, 1.82) is 0 Å². The van der Waals surface area contributed by atoms with Gasteiger partial charge in [0, 0.05) is 14.2 Å². The second kappa shape index (κ2) is 6.07. The molecule has 1 amide bonds. The summed E-state index contributed by atoms with van der Waals surface area (Å²) in [6.07, 6.45) is 0. The Hall–Kier alpha value is -1.26. The van der Waals surface area contributed by atoms with Gasteiger partial charge in [-0.1, -0.05) is 17.7 Å². The Morgan fingerprint density at radius 2 is 2.11 bits per heavy atom. The van der Waals surface area contributed by atoms with Gasteiger partial charge in [0.1, 0.15) is 5.75 Å².